The van der Waals surface area contributed by atoms with Crippen LogP contribution in [0, 0.1) is 0 Å². The van der Waals surface area contributed by atoms with Gasteiger partial charge in [0.1, 0.15) is 0 Å². The fraction of sp³-hybridized carbons (Fsp3) is 0.304. The Labute approximate surface area is 260 Å². The van der Waals surface area contributed by atoms with Crippen LogP contribution in [0.3, 0.4) is 0 Å². The van der Waals surface area contributed by atoms with E-state index in [2.05, 4.69) is 25.9 Å². The van der Waals surface area contributed by atoms with Gasteiger partial charge in [-0.1, -0.05) is 0 Å². The molecule has 0 bridgehead atoms. The van der Waals surface area contributed by atoms with Crippen molar-refractivity contribution < 1.29 is 72.3 Å². The number of anilines is 2. The molecular weight excluding hydrogens is 523 g/mol. The van der Waals surface area contributed by atoms with E-state index < -0.39 is 5.91 Å². The number of morpholine rings is 1. The molecule has 5 heterocycles. The third kappa shape index (κ3) is 6.23. The van der Waals surface area contributed by atoms with Gasteiger partial charge in [0.15, 0.2) is 11.6 Å². The molecule has 0 aliphatic carbocycles. The molecule has 2 N–H and O–H groups in total. The number of hydroxylamine groups is 1. The van der Waals surface area contributed by atoms with Crippen LogP contribution < -0.4 is 71.4 Å². The van der Waals surface area contributed by atoms with Crippen molar-refractivity contribution in [1.29, 1.82) is 0 Å². The van der Waals surface area contributed by atoms with E-state index in [1.165, 1.54) is 12.4 Å². The van der Waals surface area contributed by atoms with Crippen LogP contribution in [0.1, 0.15) is 16.7 Å². The molecule has 5 rings (SSSR count). The van der Waals surface area contributed by atoms with Gasteiger partial charge in [-0.05, 0) is 12.1 Å². The van der Waals surface area contributed by atoms with Crippen LogP contribution in [0.25, 0.3) is 21.6 Å². The normalized spacial score (nSPS) is 13.2. The Morgan fingerprint density at radius 1 is 1.22 bits per heavy atom. The zero-order valence-corrected chi connectivity index (χ0v) is 24.6. The van der Waals surface area contributed by atoms with Gasteiger partial charge in [-0.2, -0.15) is 0 Å². The van der Waals surface area contributed by atoms with Crippen molar-refractivity contribution in [2.45, 2.75) is 6.54 Å². The van der Waals surface area contributed by atoms with Crippen LogP contribution >= 0.6 is 11.3 Å². The standard InChI is InChI=1S/C23H24N8O4S.K.H/c1-30(23-25-11-15(12-26-23)22(32)29-33)13-16-9-17-19(36-16)21(31-5-7-35-8-6-31)28-20(27-17)14-3-4-18(34-2)24-10-14;;/h3-4,9-12,33H,5-8,13H2,1-2H3,(H,29,32);;/q;+1;-1. The summed E-state index contributed by atoms with van der Waals surface area (Å²) in [4.78, 5) is 39.2. The number of carbonyl (C=O) groups excluding carboxylic acids is 1. The van der Waals surface area contributed by atoms with Crippen molar-refractivity contribution in [3.63, 3.8) is 0 Å². The number of rotatable bonds is 7. The van der Waals surface area contributed by atoms with Gasteiger partial charge in [-0.15, -0.1) is 11.3 Å². The summed E-state index contributed by atoms with van der Waals surface area (Å²) >= 11 is 1.62. The number of fused-ring (bicyclic) bond motifs is 1. The van der Waals surface area contributed by atoms with E-state index in [-0.39, 0.29) is 58.4 Å². The predicted molar refractivity (Wildman–Crippen MR) is 135 cm³/mol. The smallest absolute Gasteiger partial charge is 1.00 e. The van der Waals surface area contributed by atoms with Crippen LogP contribution in [0.5, 0.6) is 5.88 Å². The third-order valence-corrected chi connectivity index (χ3v) is 6.76. The molecule has 188 valence electrons. The minimum absolute atomic E-state index is 0. The number of pyridine rings is 1. The van der Waals surface area contributed by atoms with Crippen LogP contribution in [-0.4, -0.2) is 76.5 Å². The van der Waals surface area contributed by atoms with Gasteiger partial charge in [-0.25, -0.2) is 30.4 Å². The van der Waals surface area contributed by atoms with E-state index in [4.69, 9.17) is 24.6 Å². The first kappa shape index (κ1) is 27.7. The number of hydrogen-bond acceptors (Lipinski definition) is 12. The molecule has 4 aromatic heterocycles. The largest absolute Gasteiger partial charge is 1.00 e. The van der Waals surface area contributed by atoms with E-state index in [1.807, 2.05) is 18.0 Å². The van der Waals surface area contributed by atoms with Gasteiger partial charge < -0.3 is 20.7 Å². The molecule has 0 aromatic carbocycles. The van der Waals surface area contributed by atoms with Crippen molar-refractivity contribution >= 4 is 39.2 Å². The van der Waals surface area contributed by atoms with E-state index in [0.29, 0.717) is 37.4 Å². The summed E-state index contributed by atoms with van der Waals surface area (Å²) in [6, 6.07) is 5.74. The van der Waals surface area contributed by atoms with Crippen LogP contribution in [0.2, 0.25) is 0 Å². The summed E-state index contributed by atoms with van der Waals surface area (Å²) < 4.78 is 11.7. The Bertz CT molecular complexity index is 1370. The van der Waals surface area contributed by atoms with Crippen molar-refractivity contribution in [3.8, 4) is 17.3 Å². The molecule has 0 saturated carbocycles. The Hall–Kier alpha value is -2.30. The molecular formula is C23H25KN8O4S. The summed E-state index contributed by atoms with van der Waals surface area (Å²) in [5.74, 6) is 1.79. The number of nitrogens with zero attached hydrogens (tertiary/aromatic N) is 7. The number of methoxy groups -OCH3 is 1. The number of amides is 1. The quantitative estimate of drug-likeness (QED) is 0.172. The molecule has 1 fully saturated rings. The average molecular weight is 549 g/mol. The maximum atomic E-state index is 11.5. The number of hydrogen-bond donors (Lipinski definition) is 2. The van der Waals surface area contributed by atoms with Crippen LogP contribution in [-0.2, 0) is 11.3 Å². The molecule has 0 atom stereocenters. The van der Waals surface area contributed by atoms with Gasteiger partial charge >= 0.3 is 51.4 Å². The Balaban J connectivity index is 0.00000200. The zero-order chi connectivity index (χ0) is 25.1. The van der Waals surface area contributed by atoms with Gasteiger partial charge in [0.05, 0.1) is 42.6 Å². The van der Waals surface area contributed by atoms with Crippen LogP contribution in [0.4, 0.5) is 11.8 Å². The topological polar surface area (TPSA) is 139 Å². The summed E-state index contributed by atoms with van der Waals surface area (Å²) in [6.07, 6.45) is 4.45. The molecule has 1 saturated heterocycles. The van der Waals surface area contributed by atoms with Crippen molar-refractivity contribution in [3.05, 3.63) is 47.2 Å². The number of ether oxygens (including phenoxy) is 2. The molecule has 0 spiro atoms. The van der Waals surface area contributed by atoms with Gasteiger partial charge in [0.25, 0.3) is 5.91 Å². The first-order valence-electron chi connectivity index (χ1n) is 11.2. The number of thiophene rings is 1. The van der Waals surface area contributed by atoms with E-state index in [0.717, 1.165) is 39.6 Å². The second kappa shape index (κ2) is 12.5. The molecule has 0 radical (unpaired) electrons. The van der Waals surface area contributed by atoms with Gasteiger partial charge in [0, 0.05) is 55.2 Å². The SMILES string of the molecule is COc1ccc(-c2nc(N3CCOCC3)c3sc(CN(C)c4ncc(C(=O)NO)cn4)cc3n2)cn1.[H-].[K+]. The Morgan fingerprint density at radius 2 is 1.97 bits per heavy atom. The second-order valence-corrected chi connectivity index (χ2v) is 9.19. The maximum Gasteiger partial charge on any atom is 1.00 e. The fourth-order valence-electron chi connectivity index (χ4n) is 3.80. The average Bonchev–Trinajstić information content (AvgIpc) is 3.35. The first-order chi connectivity index (χ1) is 17.6. The molecule has 4 aromatic rings. The molecule has 0 unspecified atom stereocenters. The molecule has 14 heteroatoms. The minimum Gasteiger partial charge on any atom is -1.00 e. The Morgan fingerprint density at radius 3 is 2.62 bits per heavy atom. The van der Waals surface area contributed by atoms with Crippen molar-refractivity contribution in [2.24, 2.45) is 0 Å². The van der Waals surface area contributed by atoms with E-state index in [1.54, 1.807) is 36.2 Å². The molecule has 1 aliphatic rings. The van der Waals surface area contributed by atoms with Crippen LogP contribution in [0.15, 0.2) is 36.8 Å². The second-order valence-electron chi connectivity index (χ2n) is 8.06. The van der Waals surface area contributed by atoms with E-state index >= 15 is 0 Å². The molecule has 37 heavy (non-hydrogen) atoms. The maximum absolute atomic E-state index is 11.5. The first-order valence-corrected chi connectivity index (χ1v) is 12.0. The predicted octanol–water partition coefficient (Wildman–Crippen LogP) is -0.740. The summed E-state index contributed by atoms with van der Waals surface area (Å²) in [7, 11) is 3.45. The Kier molecular flexibility index (Phi) is 9.36. The third-order valence-electron chi connectivity index (χ3n) is 5.66. The van der Waals surface area contributed by atoms with Gasteiger partial charge in [-0.3, -0.25) is 10.0 Å². The zero-order valence-electron chi connectivity index (χ0n) is 21.7. The monoisotopic (exact) mass is 548 g/mol. The molecule has 12 nitrogen and oxygen atoms in total. The number of carbonyl (C=O) groups is 1. The minimum atomic E-state index is -0.661. The summed E-state index contributed by atoms with van der Waals surface area (Å²) in [6.45, 7) is 3.33. The molecule has 1 aliphatic heterocycles. The number of nitrogens with one attached hydrogen (secondary N) is 1. The fourth-order valence-corrected chi connectivity index (χ4v) is 4.96. The summed E-state index contributed by atoms with van der Waals surface area (Å²) in [5, 5.41) is 8.77. The molecule has 1 amide bonds. The van der Waals surface area contributed by atoms with Gasteiger partial charge in [0.2, 0.25) is 11.8 Å². The van der Waals surface area contributed by atoms with Crippen molar-refractivity contribution in [1.82, 2.24) is 30.4 Å². The summed E-state index contributed by atoms with van der Waals surface area (Å²) in [5.41, 5.74) is 3.39. The van der Waals surface area contributed by atoms with Crippen molar-refractivity contribution in [2.75, 3.05) is 50.3 Å². The number of aromatic nitrogens is 5. The van der Waals surface area contributed by atoms with E-state index in [9.17, 15) is 4.79 Å².